The molecule has 0 aliphatic rings. The van der Waals surface area contributed by atoms with Crippen LogP contribution in [0.25, 0.3) is 0 Å². The van der Waals surface area contributed by atoms with Gasteiger partial charge in [-0.3, -0.25) is 0 Å². The standard InChI is InChI=1S/C11H14F3NO/c1-7-6-8(2-3-10(7)16)9(15)4-5-11(12,13)14/h2-3,6,9,16H,4-5,15H2,1H3/t9-/m1/s1. The van der Waals surface area contributed by atoms with Crippen LogP contribution in [0.1, 0.15) is 30.0 Å². The van der Waals surface area contributed by atoms with Crippen LogP contribution >= 0.6 is 0 Å². The molecule has 0 heterocycles. The van der Waals surface area contributed by atoms with E-state index in [4.69, 9.17) is 5.73 Å². The molecule has 0 fully saturated rings. The van der Waals surface area contributed by atoms with Gasteiger partial charge in [0.2, 0.25) is 0 Å². The van der Waals surface area contributed by atoms with E-state index in [1.165, 1.54) is 6.07 Å². The highest BCUT2D eigenvalue weighted by atomic mass is 19.4. The molecule has 0 unspecified atom stereocenters. The molecule has 0 radical (unpaired) electrons. The van der Waals surface area contributed by atoms with E-state index >= 15 is 0 Å². The fraction of sp³-hybridized carbons (Fsp3) is 0.455. The van der Waals surface area contributed by atoms with E-state index in [0.29, 0.717) is 11.1 Å². The second-order valence-electron chi connectivity index (χ2n) is 3.81. The number of halogens is 3. The first kappa shape index (κ1) is 12.8. The van der Waals surface area contributed by atoms with Crippen LogP contribution in [0.2, 0.25) is 0 Å². The van der Waals surface area contributed by atoms with E-state index in [2.05, 4.69) is 0 Å². The highest BCUT2D eigenvalue weighted by molar-refractivity contribution is 5.36. The van der Waals surface area contributed by atoms with Crippen molar-refractivity contribution in [3.05, 3.63) is 29.3 Å². The Balaban J connectivity index is 2.66. The minimum atomic E-state index is -4.18. The number of aromatic hydroxyl groups is 1. The Morgan fingerprint density at radius 2 is 2.00 bits per heavy atom. The molecule has 2 nitrogen and oxygen atoms in total. The van der Waals surface area contributed by atoms with Crippen molar-refractivity contribution in [2.24, 2.45) is 5.73 Å². The van der Waals surface area contributed by atoms with E-state index < -0.39 is 18.6 Å². The van der Waals surface area contributed by atoms with Crippen molar-refractivity contribution >= 4 is 0 Å². The minimum Gasteiger partial charge on any atom is -0.508 e. The maximum Gasteiger partial charge on any atom is 0.389 e. The van der Waals surface area contributed by atoms with Gasteiger partial charge in [-0.05, 0) is 30.5 Å². The number of rotatable bonds is 3. The van der Waals surface area contributed by atoms with Crippen LogP contribution in [-0.2, 0) is 0 Å². The molecular weight excluding hydrogens is 219 g/mol. The zero-order valence-corrected chi connectivity index (χ0v) is 8.88. The molecule has 0 saturated carbocycles. The molecule has 1 rings (SSSR count). The molecule has 3 N–H and O–H groups in total. The van der Waals surface area contributed by atoms with Gasteiger partial charge in [0.25, 0.3) is 0 Å². The summed E-state index contributed by atoms with van der Waals surface area (Å²) in [4.78, 5) is 0. The number of alkyl halides is 3. The van der Waals surface area contributed by atoms with Crippen LogP contribution in [0.3, 0.4) is 0 Å². The number of hydrogen-bond donors (Lipinski definition) is 2. The number of nitrogens with two attached hydrogens (primary N) is 1. The zero-order chi connectivity index (χ0) is 12.3. The predicted octanol–water partition coefficient (Wildman–Crippen LogP) is 3.04. The van der Waals surface area contributed by atoms with Crippen LogP contribution < -0.4 is 5.73 Å². The van der Waals surface area contributed by atoms with E-state index in [0.717, 1.165) is 0 Å². The van der Waals surface area contributed by atoms with Crippen LogP contribution in [0, 0.1) is 6.92 Å². The Morgan fingerprint density at radius 1 is 1.38 bits per heavy atom. The average Bonchev–Trinajstić information content (AvgIpc) is 2.17. The summed E-state index contributed by atoms with van der Waals surface area (Å²) in [5.41, 5.74) is 6.86. The quantitative estimate of drug-likeness (QED) is 0.842. The average molecular weight is 233 g/mol. The second kappa shape index (κ2) is 4.74. The van der Waals surface area contributed by atoms with Crippen molar-refractivity contribution in [2.75, 3.05) is 0 Å². The van der Waals surface area contributed by atoms with Gasteiger partial charge in [-0.15, -0.1) is 0 Å². The molecule has 0 spiro atoms. The molecule has 0 bridgehead atoms. The van der Waals surface area contributed by atoms with Gasteiger partial charge in [-0.1, -0.05) is 12.1 Å². The van der Waals surface area contributed by atoms with Crippen molar-refractivity contribution in [2.45, 2.75) is 32.0 Å². The number of phenolic OH excluding ortho intramolecular Hbond substituents is 1. The lowest BCUT2D eigenvalue weighted by atomic mass is 10.0. The van der Waals surface area contributed by atoms with Crippen molar-refractivity contribution in [3.8, 4) is 5.75 Å². The normalized spacial score (nSPS) is 13.8. The molecular formula is C11H14F3NO. The molecule has 0 amide bonds. The van der Waals surface area contributed by atoms with E-state index in [9.17, 15) is 18.3 Å². The maximum atomic E-state index is 12.0. The van der Waals surface area contributed by atoms with Crippen LogP contribution in [0.4, 0.5) is 13.2 Å². The summed E-state index contributed by atoms with van der Waals surface area (Å²) in [5, 5.41) is 9.26. The maximum absolute atomic E-state index is 12.0. The highest BCUT2D eigenvalue weighted by Crippen LogP contribution is 2.28. The molecule has 16 heavy (non-hydrogen) atoms. The minimum absolute atomic E-state index is 0.117. The Kier molecular flexibility index (Phi) is 3.80. The van der Waals surface area contributed by atoms with Gasteiger partial charge in [0.1, 0.15) is 5.75 Å². The molecule has 0 aromatic heterocycles. The third-order valence-corrected chi connectivity index (χ3v) is 2.39. The molecule has 5 heteroatoms. The Labute approximate surface area is 91.9 Å². The summed E-state index contributed by atoms with van der Waals surface area (Å²) >= 11 is 0. The van der Waals surface area contributed by atoms with Crippen LogP contribution in [0.5, 0.6) is 5.75 Å². The third-order valence-electron chi connectivity index (χ3n) is 2.39. The van der Waals surface area contributed by atoms with Gasteiger partial charge < -0.3 is 10.8 Å². The lowest BCUT2D eigenvalue weighted by Gasteiger charge is -2.14. The summed E-state index contributed by atoms with van der Waals surface area (Å²) in [7, 11) is 0. The Morgan fingerprint density at radius 3 is 2.50 bits per heavy atom. The predicted molar refractivity (Wildman–Crippen MR) is 55.1 cm³/mol. The lowest BCUT2D eigenvalue weighted by Crippen LogP contribution is -2.15. The summed E-state index contributed by atoms with van der Waals surface area (Å²) in [5.74, 6) is 0.117. The molecule has 1 atom stereocenters. The number of aryl methyl sites for hydroxylation is 1. The fourth-order valence-electron chi connectivity index (χ4n) is 1.40. The molecule has 0 aliphatic carbocycles. The van der Waals surface area contributed by atoms with Gasteiger partial charge in [0.05, 0.1) is 0 Å². The van der Waals surface area contributed by atoms with Crippen molar-refractivity contribution in [3.63, 3.8) is 0 Å². The van der Waals surface area contributed by atoms with Gasteiger partial charge >= 0.3 is 6.18 Å². The van der Waals surface area contributed by atoms with Crippen LogP contribution in [-0.4, -0.2) is 11.3 Å². The topological polar surface area (TPSA) is 46.2 Å². The first-order chi connectivity index (χ1) is 7.29. The Bertz CT molecular complexity index is 363. The lowest BCUT2D eigenvalue weighted by molar-refractivity contribution is -0.136. The fourth-order valence-corrected chi connectivity index (χ4v) is 1.40. The molecule has 90 valence electrons. The largest absolute Gasteiger partial charge is 0.508 e. The molecule has 1 aromatic rings. The Hall–Kier alpha value is -1.23. The summed E-state index contributed by atoms with van der Waals surface area (Å²) in [6, 6.07) is 3.94. The first-order valence-corrected chi connectivity index (χ1v) is 4.91. The van der Waals surface area contributed by atoms with Gasteiger partial charge in [-0.2, -0.15) is 13.2 Å². The highest BCUT2D eigenvalue weighted by Gasteiger charge is 2.27. The number of phenols is 1. The monoisotopic (exact) mass is 233 g/mol. The van der Waals surface area contributed by atoms with Gasteiger partial charge in [-0.25, -0.2) is 0 Å². The van der Waals surface area contributed by atoms with E-state index in [1.807, 2.05) is 0 Å². The molecule has 0 aliphatic heterocycles. The van der Waals surface area contributed by atoms with E-state index in [-0.39, 0.29) is 12.2 Å². The van der Waals surface area contributed by atoms with Gasteiger partial charge in [0.15, 0.2) is 0 Å². The van der Waals surface area contributed by atoms with Crippen molar-refractivity contribution in [1.29, 1.82) is 0 Å². The smallest absolute Gasteiger partial charge is 0.389 e. The molecule has 0 saturated heterocycles. The first-order valence-electron chi connectivity index (χ1n) is 4.91. The third kappa shape index (κ3) is 3.73. The van der Waals surface area contributed by atoms with Gasteiger partial charge in [0, 0.05) is 12.5 Å². The summed E-state index contributed by atoms with van der Waals surface area (Å²) in [6.07, 6.45) is -5.22. The van der Waals surface area contributed by atoms with E-state index in [1.54, 1.807) is 19.1 Å². The number of hydrogen-bond acceptors (Lipinski definition) is 2. The number of benzene rings is 1. The van der Waals surface area contributed by atoms with Crippen LogP contribution in [0.15, 0.2) is 18.2 Å². The molecule has 1 aromatic carbocycles. The SMILES string of the molecule is Cc1cc([C@H](N)CCC(F)(F)F)ccc1O. The van der Waals surface area contributed by atoms with Crippen molar-refractivity contribution in [1.82, 2.24) is 0 Å². The summed E-state index contributed by atoms with van der Waals surface area (Å²) in [6.45, 7) is 1.68. The van der Waals surface area contributed by atoms with Crippen molar-refractivity contribution < 1.29 is 18.3 Å². The zero-order valence-electron chi connectivity index (χ0n) is 8.88. The summed E-state index contributed by atoms with van der Waals surface area (Å²) < 4.78 is 35.9. The second-order valence-corrected chi connectivity index (χ2v) is 3.81.